The molecule has 0 bridgehead atoms. The zero-order valence-electron chi connectivity index (χ0n) is 15.8. The number of carbonyl (C=O) groups is 1. The molecule has 1 amide bonds. The summed E-state index contributed by atoms with van der Waals surface area (Å²) in [5, 5.41) is 32.0. The van der Waals surface area contributed by atoms with Crippen molar-refractivity contribution in [2.45, 2.75) is 25.5 Å². The molecular formula is C19H19N5O4S. The second-order valence-electron chi connectivity index (χ2n) is 6.21. The molecule has 150 valence electrons. The van der Waals surface area contributed by atoms with Crippen LogP contribution in [0.1, 0.15) is 12.5 Å². The number of hydrogen-bond donors (Lipinski definition) is 2. The van der Waals surface area contributed by atoms with Gasteiger partial charge in [0.2, 0.25) is 5.91 Å². The summed E-state index contributed by atoms with van der Waals surface area (Å²) in [5.74, 6) is -0.0232. The SMILES string of the molecule is CCn1c(SCC(=O)Nc2ccc(O)c([N+](=O)[O-])c2)nnc1-c1ccc(C)cc1. The Morgan fingerprint density at radius 2 is 1.97 bits per heavy atom. The summed E-state index contributed by atoms with van der Waals surface area (Å²) >= 11 is 1.23. The van der Waals surface area contributed by atoms with E-state index >= 15 is 0 Å². The molecule has 3 rings (SSSR count). The van der Waals surface area contributed by atoms with Crippen LogP contribution in [0.3, 0.4) is 0 Å². The zero-order chi connectivity index (χ0) is 21.0. The Hall–Kier alpha value is -3.40. The molecule has 2 aromatic carbocycles. The van der Waals surface area contributed by atoms with E-state index in [0.717, 1.165) is 23.0 Å². The van der Waals surface area contributed by atoms with Gasteiger partial charge in [-0.15, -0.1) is 10.2 Å². The lowest BCUT2D eigenvalue weighted by atomic mass is 10.1. The Balaban J connectivity index is 1.68. The normalized spacial score (nSPS) is 10.7. The van der Waals surface area contributed by atoms with Gasteiger partial charge < -0.3 is 15.0 Å². The number of amides is 1. The Labute approximate surface area is 170 Å². The minimum Gasteiger partial charge on any atom is -0.502 e. The molecular weight excluding hydrogens is 394 g/mol. The van der Waals surface area contributed by atoms with Crippen molar-refractivity contribution in [2.75, 3.05) is 11.1 Å². The van der Waals surface area contributed by atoms with Crippen LogP contribution in [0, 0.1) is 17.0 Å². The van der Waals surface area contributed by atoms with Gasteiger partial charge in [-0.25, -0.2) is 0 Å². The predicted octanol–water partition coefficient (Wildman–Crippen LogP) is 3.62. The summed E-state index contributed by atoms with van der Waals surface area (Å²) in [6.07, 6.45) is 0. The van der Waals surface area contributed by atoms with Gasteiger partial charge in [-0.2, -0.15) is 0 Å². The second-order valence-corrected chi connectivity index (χ2v) is 7.16. The highest BCUT2D eigenvalue weighted by Gasteiger charge is 2.17. The number of rotatable bonds is 7. The van der Waals surface area contributed by atoms with Crippen molar-refractivity contribution in [3.8, 4) is 17.1 Å². The summed E-state index contributed by atoms with van der Waals surface area (Å²) < 4.78 is 1.92. The van der Waals surface area contributed by atoms with E-state index in [2.05, 4.69) is 15.5 Å². The molecule has 0 aliphatic rings. The molecule has 0 saturated heterocycles. The summed E-state index contributed by atoms with van der Waals surface area (Å²) in [4.78, 5) is 22.4. The van der Waals surface area contributed by atoms with E-state index < -0.39 is 16.4 Å². The van der Waals surface area contributed by atoms with E-state index in [9.17, 15) is 20.0 Å². The number of carbonyl (C=O) groups excluding carboxylic acids is 1. The van der Waals surface area contributed by atoms with Crippen molar-refractivity contribution in [2.24, 2.45) is 0 Å². The van der Waals surface area contributed by atoms with Crippen LogP contribution >= 0.6 is 11.8 Å². The third kappa shape index (κ3) is 4.72. The Morgan fingerprint density at radius 1 is 1.24 bits per heavy atom. The van der Waals surface area contributed by atoms with Gasteiger partial charge in [0.05, 0.1) is 10.7 Å². The van der Waals surface area contributed by atoms with Gasteiger partial charge in [0.15, 0.2) is 16.7 Å². The average Bonchev–Trinajstić information content (AvgIpc) is 3.11. The highest BCUT2D eigenvalue weighted by molar-refractivity contribution is 7.99. The van der Waals surface area contributed by atoms with Crippen LogP contribution in [-0.4, -0.2) is 36.5 Å². The number of hydrogen-bond acceptors (Lipinski definition) is 7. The molecule has 1 heterocycles. The van der Waals surface area contributed by atoms with Crippen molar-refractivity contribution in [1.29, 1.82) is 0 Å². The van der Waals surface area contributed by atoms with Crippen molar-refractivity contribution < 1.29 is 14.8 Å². The number of phenolic OH excluding ortho intramolecular Hbond substituents is 1. The number of nitro benzene ring substituents is 1. The van der Waals surface area contributed by atoms with Crippen LogP contribution in [0.25, 0.3) is 11.4 Å². The van der Waals surface area contributed by atoms with Gasteiger partial charge in [0.25, 0.3) is 0 Å². The largest absolute Gasteiger partial charge is 0.502 e. The van der Waals surface area contributed by atoms with Gasteiger partial charge in [-0.1, -0.05) is 41.6 Å². The molecule has 3 aromatic rings. The van der Waals surface area contributed by atoms with Crippen molar-refractivity contribution >= 4 is 29.0 Å². The number of nitro groups is 1. The minimum atomic E-state index is -0.712. The van der Waals surface area contributed by atoms with Gasteiger partial charge in [-0.3, -0.25) is 14.9 Å². The molecule has 0 radical (unpaired) electrons. The first-order chi connectivity index (χ1) is 13.9. The fourth-order valence-electron chi connectivity index (χ4n) is 2.67. The van der Waals surface area contributed by atoms with Crippen LogP contribution in [0.4, 0.5) is 11.4 Å². The maximum Gasteiger partial charge on any atom is 0.312 e. The van der Waals surface area contributed by atoms with Crippen LogP contribution in [0.15, 0.2) is 47.6 Å². The average molecular weight is 413 g/mol. The number of benzene rings is 2. The molecule has 0 atom stereocenters. The molecule has 29 heavy (non-hydrogen) atoms. The number of aryl methyl sites for hydroxylation is 1. The molecule has 10 heteroatoms. The first-order valence-electron chi connectivity index (χ1n) is 8.79. The van der Waals surface area contributed by atoms with Gasteiger partial charge in [-0.05, 0) is 26.0 Å². The summed E-state index contributed by atoms with van der Waals surface area (Å²) in [5.41, 5.74) is 1.86. The topological polar surface area (TPSA) is 123 Å². The van der Waals surface area contributed by atoms with Gasteiger partial charge in [0, 0.05) is 23.9 Å². The lowest BCUT2D eigenvalue weighted by Crippen LogP contribution is -2.14. The number of aromatic nitrogens is 3. The Bertz CT molecular complexity index is 1050. The molecule has 0 aliphatic heterocycles. The fraction of sp³-hybridized carbons (Fsp3) is 0.211. The third-order valence-corrected chi connectivity index (χ3v) is 5.10. The van der Waals surface area contributed by atoms with Gasteiger partial charge >= 0.3 is 5.69 Å². The van der Waals surface area contributed by atoms with Gasteiger partial charge in [0.1, 0.15) is 0 Å². The minimum absolute atomic E-state index is 0.0563. The van der Waals surface area contributed by atoms with E-state index in [-0.39, 0.29) is 17.3 Å². The predicted molar refractivity (Wildman–Crippen MR) is 110 cm³/mol. The number of anilines is 1. The molecule has 9 nitrogen and oxygen atoms in total. The quantitative estimate of drug-likeness (QED) is 0.262. The van der Waals surface area contributed by atoms with Crippen molar-refractivity contribution in [3.63, 3.8) is 0 Å². The monoisotopic (exact) mass is 413 g/mol. The van der Waals surface area contributed by atoms with Crippen LogP contribution in [0.5, 0.6) is 5.75 Å². The number of thioether (sulfide) groups is 1. The molecule has 0 unspecified atom stereocenters. The number of nitrogens with one attached hydrogen (secondary N) is 1. The van der Waals surface area contributed by atoms with E-state index in [4.69, 9.17) is 0 Å². The van der Waals surface area contributed by atoms with E-state index in [1.807, 2.05) is 42.7 Å². The molecule has 0 aliphatic carbocycles. The fourth-order valence-corrected chi connectivity index (χ4v) is 3.47. The Morgan fingerprint density at radius 3 is 2.62 bits per heavy atom. The van der Waals surface area contributed by atoms with E-state index in [1.54, 1.807) is 0 Å². The van der Waals surface area contributed by atoms with Crippen LogP contribution in [-0.2, 0) is 11.3 Å². The molecule has 2 N–H and O–H groups in total. The van der Waals surface area contributed by atoms with E-state index in [1.165, 1.54) is 23.9 Å². The highest BCUT2D eigenvalue weighted by atomic mass is 32.2. The number of nitrogens with zero attached hydrogens (tertiary/aromatic N) is 4. The lowest BCUT2D eigenvalue weighted by Gasteiger charge is -2.08. The van der Waals surface area contributed by atoms with Crippen LogP contribution < -0.4 is 5.32 Å². The molecule has 0 fully saturated rings. The van der Waals surface area contributed by atoms with E-state index in [0.29, 0.717) is 11.7 Å². The molecule has 1 aromatic heterocycles. The maximum absolute atomic E-state index is 12.2. The summed E-state index contributed by atoms with van der Waals surface area (Å²) in [6.45, 7) is 4.63. The molecule has 0 saturated carbocycles. The van der Waals surface area contributed by atoms with Crippen molar-refractivity contribution in [1.82, 2.24) is 14.8 Å². The van der Waals surface area contributed by atoms with Crippen LogP contribution in [0.2, 0.25) is 0 Å². The maximum atomic E-state index is 12.2. The summed E-state index contributed by atoms with van der Waals surface area (Å²) in [7, 11) is 0. The Kier molecular flexibility index (Phi) is 6.13. The van der Waals surface area contributed by atoms with Crippen molar-refractivity contribution in [3.05, 3.63) is 58.1 Å². The first kappa shape index (κ1) is 20.3. The molecule has 0 spiro atoms. The highest BCUT2D eigenvalue weighted by Crippen LogP contribution is 2.29. The lowest BCUT2D eigenvalue weighted by molar-refractivity contribution is -0.385. The summed E-state index contributed by atoms with van der Waals surface area (Å²) in [6, 6.07) is 11.6. The zero-order valence-corrected chi connectivity index (χ0v) is 16.6. The smallest absolute Gasteiger partial charge is 0.312 e. The number of aromatic hydroxyl groups is 1. The first-order valence-corrected chi connectivity index (χ1v) is 9.78. The standard InChI is InChI=1S/C19H19N5O4S/c1-3-23-18(13-6-4-12(2)5-7-13)21-22-19(23)29-11-17(26)20-14-8-9-16(25)15(10-14)24(27)28/h4-10,25H,3,11H2,1-2H3,(H,20,26). The second kappa shape index (κ2) is 8.74. The third-order valence-electron chi connectivity index (χ3n) is 4.13. The number of phenols is 1.